The van der Waals surface area contributed by atoms with Crippen LogP contribution in [0.5, 0.6) is 0 Å². The maximum atomic E-state index is 5.79. The molecule has 1 fully saturated rings. The highest BCUT2D eigenvalue weighted by molar-refractivity contribution is 9.10. The first-order valence-electron chi connectivity index (χ1n) is 6.86. The summed E-state index contributed by atoms with van der Waals surface area (Å²) in [5.74, 6) is 0.729. The van der Waals surface area contributed by atoms with Gasteiger partial charge in [0.1, 0.15) is 0 Å². The van der Waals surface area contributed by atoms with Gasteiger partial charge in [0, 0.05) is 52.2 Å². The third kappa shape index (κ3) is 3.72. The molecule has 2 heterocycles. The van der Waals surface area contributed by atoms with Crippen molar-refractivity contribution in [1.29, 1.82) is 0 Å². The van der Waals surface area contributed by atoms with E-state index in [-0.39, 0.29) is 0 Å². The Hall–Kier alpha value is -0.100. The Kier molecular flexibility index (Phi) is 5.69. The van der Waals surface area contributed by atoms with Crippen molar-refractivity contribution in [2.24, 2.45) is 7.05 Å². The van der Waals surface area contributed by atoms with Gasteiger partial charge < -0.3 is 0 Å². The minimum Gasteiger partial charge on any atom is -0.300 e. The smallest absolute Gasteiger partial charge is 0.0767 e. The molecule has 1 aliphatic heterocycles. The van der Waals surface area contributed by atoms with Gasteiger partial charge in [0.05, 0.1) is 15.9 Å². The number of aromatic nitrogens is 2. The van der Waals surface area contributed by atoms with Gasteiger partial charge in [-0.25, -0.2) is 0 Å². The molecule has 1 saturated heterocycles. The highest BCUT2D eigenvalue weighted by Crippen LogP contribution is 2.23. The van der Waals surface area contributed by atoms with E-state index in [0.717, 1.165) is 57.3 Å². The van der Waals surface area contributed by atoms with Gasteiger partial charge in [0.2, 0.25) is 0 Å². The van der Waals surface area contributed by atoms with Gasteiger partial charge >= 0.3 is 0 Å². The first-order chi connectivity index (χ1) is 9.15. The van der Waals surface area contributed by atoms with Gasteiger partial charge in [-0.2, -0.15) is 5.10 Å². The number of nitrogens with zero attached hydrogens (tertiary/aromatic N) is 4. The lowest BCUT2D eigenvalue weighted by Crippen LogP contribution is -2.46. The normalized spacial score (nSPS) is 18.1. The number of halogens is 2. The molecule has 0 radical (unpaired) electrons. The SMILES string of the molecule is CCc1nn(C)c(CN2CCN(CCCl)CC2)c1Br. The van der Waals surface area contributed by atoms with E-state index in [1.165, 1.54) is 10.2 Å². The van der Waals surface area contributed by atoms with Crippen LogP contribution in [-0.4, -0.2) is 58.2 Å². The van der Waals surface area contributed by atoms with E-state index < -0.39 is 0 Å². The molecule has 0 bridgehead atoms. The molecular formula is C13H22BrClN4. The third-order valence-corrected chi connectivity index (χ3v) is 4.83. The maximum absolute atomic E-state index is 5.79. The van der Waals surface area contributed by atoms with Gasteiger partial charge in [-0.3, -0.25) is 14.5 Å². The van der Waals surface area contributed by atoms with Gasteiger partial charge in [-0.15, -0.1) is 11.6 Å². The summed E-state index contributed by atoms with van der Waals surface area (Å²) in [4.78, 5) is 4.92. The summed E-state index contributed by atoms with van der Waals surface area (Å²) < 4.78 is 3.19. The second-order valence-electron chi connectivity index (χ2n) is 4.99. The number of rotatable bonds is 5. The fourth-order valence-electron chi connectivity index (χ4n) is 2.49. The minimum absolute atomic E-state index is 0.729. The second kappa shape index (κ2) is 7.07. The maximum Gasteiger partial charge on any atom is 0.0767 e. The van der Waals surface area contributed by atoms with Crippen molar-refractivity contribution < 1.29 is 0 Å². The van der Waals surface area contributed by atoms with Crippen molar-refractivity contribution in [3.63, 3.8) is 0 Å². The molecule has 108 valence electrons. The molecule has 0 spiro atoms. The lowest BCUT2D eigenvalue weighted by Gasteiger charge is -2.34. The van der Waals surface area contributed by atoms with Crippen molar-refractivity contribution in [2.45, 2.75) is 19.9 Å². The Balaban J connectivity index is 1.94. The zero-order chi connectivity index (χ0) is 13.8. The molecule has 1 aliphatic rings. The molecule has 0 amide bonds. The highest BCUT2D eigenvalue weighted by Gasteiger charge is 2.20. The van der Waals surface area contributed by atoms with E-state index in [0.29, 0.717) is 0 Å². The topological polar surface area (TPSA) is 24.3 Å². The summed E-state index contributed by atoms with van der Waals surface area (Å²) in [5, 5.41) is 4.55. The Morgan fingerprint density at radius 1 is 1.21 bits per heavy atom. The molecule has 0 saturated carbocycles. The first-order valence-corrected chi connectivity index (χ1v) is 8.19. The number of piperazine rings is 1. The molecule has 6 heteroatoms. The van der Waals surface area contributed by atoms with Gasteiger partial charge in [0.15, 0.2) is 0 Å². The summed E-state index contributed by atoms with van der Waals surface area (Å²) in [6.45, 7) is 8.56. The molecule has 2 rings (SSSR count). The quantitative estimate of drug-likeness (QED) is 0.761. The summed E-state index contributed by atoms with van der Waals surface area (Å²) in [5.41, 5.74) is 2.43. The molecule has 0 aromatic carbocycles. The Bertz CT molecular complexity index is 413. The van der Waals surface area contributed by atoms with Crippen LogP contribution in [0, 0.1) is 0 Å². The van der Waals surface area contributed by atoms with E-state index in [4.69, 9.17) is 11.6 Å². The van der Waals surface area contributed by atoms with Gasteiger partial charge in [0.25, 0.3) is 0 Å². The molecule has 4 nitrogen and oxygen atoms in total. The van der Waals surface area contributed by atoms with Crippen LogP contribution in [0.3, 0.4) is 0 Å². The van der Waals surface area contributed by atoms with Crippen LogP contribution in [0.15, 0.2) is 4.47 Å². The number of aryl methyl sites for hydroxylation is 2. The van der Waals surface area contributed by atoms with Crippen LogP contribution in [0.2, 0.25) is 0 Å². The first kappa shape index (κ1) is 15.3. The molecule has 0 atom stereocenters. The molecule has 19 heavy (non-hydrogen) atoms. The van der Waals surface area contributed by atoms with Gasteiger partial charge in [-0.1, -0.05) is 6.92 Å². The molecular weight excluding hydrogens is 328 g/mol. The predicted molar refractivity (Wildman–Crippen MR) is 82.7 cm³/mol. The Morgan fingerprint density at radius 2 is 1.84 bits per heavy atom. The molecule has 1 aromatic heterocycles. The van der Waals surface area contributed by atoms with E-state index in [1.807, 2.05) is 11.7 Å². The lowest BCUT2D eigenvalue weighted by molar-refractivity contribution is 0.130. The zero-order valence-electron chi connectivity index (χ0n) is 11.7. The highest BCUT2D eigenvalue weighted by atomic mass is 79.9. The van der Waals surface area contributed by atoms with Crippen molar-refractivity contribution in [1.82, 2.24) is 19.6 Å². The van der Waals surface area contributed by atoms with Crippen LogP contribution in [0.4, 0.5) is 0 Å². The van der Waals surface area contributed by atoms with E-state index >= 15 is 0 Å². The largest absolute Gasteiger partial charge is 0.300 e. The third-order valence-electron chi connectivity index (χ3n) is 3.74. The number of alkyl halides is 1. The standard InChI is InChI=1S/C13H22BrClN4/c1-3-11-13(14)12(17(2)16-11)10-19-8-6-18(5-4-15)7-9-19/h3-10H2,1-2H3. The van der Waals surface area contributed by atoms with Crippen LogP contribution < -0.4 is 0 Å². The van der Waals surface area contributed by atoms with Crippen molar-refractivity contribution >= 4 is 27.5 Å². The monoisotopic (exact) mass is 348 g/mol. The van der Waals surface area contributed by atoms with Crippen LogP contribution in [0.1, 0.15) is 18.3 Å². The average Bonchev–Trinajstić information content (AvgIpc) is 2.68. The molecule has 0 N–H and O–H groups in total. The fraction of sp³-hybridized carbons (Fsp3) is 0.769. The number of hydrogen-bond donors (Lipinski definition) is 0. The van der Waals surface area contributed by atoms with Gasteiger partial charge in [-0.05, 0) is 22.4 Å². The molecule has 1 aromatic rings. The zero-order valence-corrected chi connectivity index (χ0v) is 14.0. The second-order valence-corrected chi connectivity index (χ2v) is 6.16. The lowest BCUT2D eigenvalue weighted by atomic mass is 10.2. The summed E-state index contributed by atoms with van der Waals surface area (Å²) in [6.07, 6.45) is 0.970. The van der Waals surface area contributed by atoms with Crippen LogP contribution in [0.25, 0.3) is 0 Å². The Labute approximate surface area is 128 Å². The summed E-state index contributed by atoms with van der Waals surface area (Å²) in [7, 11) is 2.03. The summed E-state index contributed by atoms with van der Waals surface area (Å²) >= 11 is 9.48. The average molecular weight is 350 g/mol. The van der Waals surface area contributed by atoms with E-state index in [2.05, 4.69) is 37.8 Å². The van der Waals surface area contributed by atoms with Crippen molar-refractivity contribution in [2.75, 3.05) is 38.6 Å². The fourth-order valence-corrected chi connectivity index (χ4v) is 3.47. The van der Waals surface area contributed by atoms with Crippen molar-refractivity contribution in [3.05, 3.63) is 15.9 Å². The van der Waals surface area contributed by atoms with Crippen molar-refractivity contribution in [3.8, 4) is 0 Å². The van der Waals surface area contributed by atoms with E-state index in [9.17, 15) is 0 Å². The van der Waals surface area contributed by atoms with Crippen LogP contribution in [-0.2, 0) is 20.0 Å². The molecule has 0 unspecified atom stereocenters. The number of hydrogen-bond acceptors (Lipinski definition) is 3. The van der Waals surface area contributed by atoms with E-state index in [1.54, 1.807) is 0 Å². The Morgan fingerprint density at radius 3 is 2.37 bits per heavy atom. The van der Waals surface area contributed by atoms with Crippen LogP contribution >= 0.6 is 27.5 Å². The predicted octanol–water partition coefficient (Wildman–Crippen LogP) is 2.10. The minimum atomic E-state index is 0.729. The molecule has 0 aliphatic carbocycles. The summed E-state index contributed by atoms with van der Waals surface area (Å²) in [6, 6.07) is 0.